The van der Waals surface area contributed by atoms with Crippen LogP contribution in [-0.4, -0.2) is 29.4 Å². The molecular formula is C11H11Cl2N3O. The molecule has 1 heterocycles. The monoisotopic (exact) mass is 271 g/mol. The Morgan fingerprint density at radius 1 is 1.59 bits per heavy atom. The summed E-state index contributed by atoms with van der Waals surface area (Å²) in [4.78, 5) is 17.3. The lowest BCUT2D eigenvalue weighted by atomic mass is 10.2. The quantitative estimate of drug-likeness (QED) is 0.795. The molecule has 0 N–H and O–H groups in total. The summed E-state index contributed by atoms with van der Waals surface area (Å²) in [6.07, 6.45) is 0. The third-order valence-corrected chi connectivity index (χ3v) is 2.64. The van der Waals surface area contributed by atoms with E-state index in [2.05, 4.69) is 11.1 Å². The van der Waals surface area contributed by atoms with Crippen molar-refractivity contribution in [1.29, 1.82) is 5.26 Å². The summed E-state index contributed by atoms with van der Waals surface area (Å²) in [5, 5.41) is 9.14. The lowest BCUT2D eigenvalue weighted by Crippen LogP contribution is -2.31. The van der Waals surface area contributed by atoms with Gasteiger partial charge in [-0.1, -0.05) is 23.2 Å². The normalized spacial score (nSPS) is 11.7. The molecule has 0 spiro atoms. The number of carbonyl (C=O) groups is 1. The molecule has 1 aromatic rings. The minimum Gasteiger partial charge on any atom is -0.339 e. The van der Waals surface area contributed by atoms with E-state index in [1.165, 1.54) is 17.0 Å². The minimum atomic E-state index is -0.348. The lowest BCUT2D eigenvalue weighted by molar-refractivity contribution is 0.0779. The van der Waals surface area contributed by atoms with Crippen molar-refractivity contribution in [3.05, 3.63) is 28.0 Å². The van der Waals surface area contributed by atoms with Crippen LogP contribution in [0.15, 0.2) is 12.1 Å². The van der Waals surface area contributed by atoms with E-state index in [0.29, 0.717) is 6.54 Å². The smallest absolute Gasteiger partial charge is 0.273 e. The van der Waals surface area contributed by atoms with Gasteiger partial charge in [-0.2, -0.15) is 5.26 Å². The van der Waals surface area contributed by atoms with E-state index in [1.54, 1.807) is 14.0 Å². The van der Waals surface area contributed by atoms with Gasteiger partial charge in [0.05, 0.1) is 17.0 Å². The molecule has 17 heavy (non-hydrogen) atoms. The Bertz CT molecular complexity index is 470. The summed E-state index contributed by atoms with van der Waals surface area (Å²) < 4.78 is 0. The molecule has 0 saturated carbocycles. The van der Waals surface area contributed by atoms with Crippen LogP contribution in [0.25, 0.3) is 0 Å². The van der Waals surface area contributed by atoms with Gasteiger partial charge in [0.2, 0.25) is 0 Å². The van der Waals surface area contributed by atoms with Crippen LogP contribution in [0.1, 0.15) is 17.4 Å². The number of carbonyl (C=O) groups excluding carboxylic acids is 1. The second kappa shape index (κ2) is 5.85. The topological polar surface area (TPSA) is 57.0 Å². The first-order chi connectivity index (χ1) is 7.95. The largest absolute Gasteiger partial charge is 0.339 e. The molecule has 1 atom stereocenters. The Balaban J connectivity index is 2.89. The lowest BCUT2D eigenvalue weighted by Gasteiger charge is -2.18. The van der Waals surface area contributed by atoms with Crippen molar-refractivity contribution >= 4 is 29.1 Å². The number of nitrogens with zero attached hydrogens (tertiary/aromatic N) is 3. The van der Waals surface area contributed by atoms with Gasteiger partial charge in [-0.3, -0.25) is 4.79 Å². The minimum absolute atomic E-state index is 0.104. The summed E-state index contributed by atoms with van der Waals surface area (Å²) in [6, 6.07) is 5.09. The maximum Gasteiger partial charge on any atom is 0.273 e. The molecule has 0 aliphatic carbocycles. The van der Waals surface area contributed by atoms with Gasteiger partial charge >= 0.3 is 0 Å². The molecule has 1 amide bonds. The SMILES string of the molecule is CC(C#N)CN(C)C(=O)c1nc(Cl)ccc1Cl. The summed E-state index contributed by atoms with van der Waals surface area (Å²) in [6.45, 7) is 2.05. The number of nitriles is 1. The molecule has 0 aliphatic rings. The van der Waals surface area contributed by atoms with Crippen LogP contribution in [-0.2, 0) is 0 Å². The van der Waals surface area contributed by atoms with Crippen LogP contribution in [0.3, 0.4) is 0 Å². The van der Waals surface area contributed by atoms with Gasteiger partial charge in [0.15, 0.2) is 0 Å². The number of hydrogen-bond donors (Lipinski definition) is 0. The molecule has 0 saturated heterocycles. The van der Waals surface area contributed by atoms with Crippen LogP contribution in [0.2, 0.25) is 10.2 Å². The first kappa shape index (κ1) is 13.8. The van der Waals surface area contributed by atoms with Crippen molar-refractivity contribution in [1.82, 2.24) is 9.88 Å². The molecule has 0 aliphatic heterocycles. The second-order valence-electron chi connectivity index (χ2n) is 3.68. The van der Waals surface area contributed by atoms with Gasteiger partial charge in [0, 0.05) is 13.6 Å². The van der Waals surface area contributed by atoms with Gasteiger partial charge in [-0.05, 0) is 19.1 Å². The highest BCUT2D eigenvalue weighted by Gasteiger charge is 2.18. The molecule has 0 aromatic carbocycles. The van der Waals surface area contributed by atoms with E-state index >= 15 is 0 Å². The Kier molecular flexibility index (Phi) is 4.73. The maximum atomic E-state index is 12.0. The van der Waals surface area contributed by atoms with E-state index in [1.807, 2.05) is 0 Å². The summed E-state index contributed by atoms with van der Waals surface area (Å²) in [5.74, 6) is -0.596. The Morgan fingerprint density at radius 2 is 2.24 bits per heavy atom. The van der Waals surface area contributed by atoms with Crippen LogP contribution >= 0.6 is 23.2 Å². The first-order valence-electron chi connectivity index (χ1n) is 4.92. The molecule has 0 bridgehead atoms. The third-order valence-electron chi connectivity index (χ3n) is 2.13. The van der Waals surface area contributed by atoms with E-state index in [-0.39, 0.29) is 27.7 Å². The summed E-state index contributed by atoms with van der Waals surface area (Å²) in [5.41, 5.74) is 0.104. The van der Waals surface area contributed by atoms with Gasteiger partial charge in [-0.25, -0.2) is 4.98 Å². The highest BCUT2D eigenvalue weighted by atomic mass is 35.5. The molecule has 4 nitrogen and oxygen atoms in total. The molecule has 90 valence electrons. The van der Waals surface area contributed by atoms with Crippen molar-refractivity contribution < 1.29 is 4.79 Å². The molecule has 1 unspecified atom stereocenters. The van der Waals surface area contributed by atoms with Crippen molar-refractivity contribution in [3.63, 3.8) is 0 Å². The molecule has 1 rings (SSSR count). The molecule has 0 radical (unpaired) electrons. The fraction of sp³-hybridized carbons (Fsp3) is 0.364. The van der Waals surface area contributed by atoms with Gasteiger partial charge in [-0.15, -0.1) is 0 Å². The van der Waals surface area contributed by atoms with E-state index < -0.39 is 0 Å². The molecule has 0 fully saturated rings. The standard InChI is InChI=1S/C11H11Cl2N3O/c1-7(5-14)6-16(2)11(17)10-8(12)3-4-9(13)15-10/h3-4,7H,6H2,1-2H3. The number of halogens is 2. The Hall–Kier alpha value is -1.31. The second-order valence-corrected chi connectivity index (χ2v) is 4.47. The first-order valence-corrected chi connectivity index (χ1v) is 5.68. The number of aromatic nitrogens is 1. The highest BCUT2D eigenvalue weighted by molar-refractivity contribution is 6.34. The molecule has 1 aromatic heterocycles. The van der Waals surface area contributed by atoms with Gasteiger partial charge in [0.1, 0.15) is 10.8 Å². The average Bonchev–Trinajstić information content (AvgIpc) is 2.31. The highest BCUT2D eigenvalue weighted by Crippen LogP contribution is 2.18. The summed E-state index contributed by atoms with van der Waals surface area (Å²) >= 11 is 11.6. The van der Waals surface area contributed by atoms with Crippen molar-refractivity contribution in [3.8, 4) is 6.07 Å². The predicted octanol–water partition coefficient (Wildman–Crippen LogP) is 2.62. The van der Waals surface area contributed by atoms with E-state index in [9.17, 15) is 4.79 Å². The van der Waals surface area contributed by atoms with Crippen LogP contribution in [0.4, 0.5) is 0 Å². The number of hydrogen-bond acceptors (Lipinski definition) is 3. The van der Waals surface area contributed by atoms with Gasteiger partial charge < -0.3 is 4.90 Å². The van der Waals surface area contributed by atoms with E-state index in [4.69, 9.17) is 28.5 Å². The fourth-order valence-electron chi connectivity index (χ4n) is 1.28. The predicted molar refractivity (Wildman–Crippen MR) is 66.0 cm³/mol. The zero-order chi connectivity index (χ0) is 13.0. The Morgan fingerprint density at radius 3 is 2.82 bits per heavy atom. The van der Waals surface area contributed by atoms with Crippen LogP contribution < -0.4 is 0 Å². The van der Waals surface area contributed by atoms with Gasteiger partial charge in [0.25, 0.3) is 5.91 Å². The van der Waals surface area contributed by atoms with E-state index in [0.717, 1.165) is 0 Å². The van der Waals surface area contributed by atoms with Crippen LogP contribution in [0.5, 0.6) is 0 Å². The Labute approximate surface area is 110 Å². The fourth-order valence-corrected chi connectivity index (χ4v) is 1.62. The number of amides is 1. The van der Waals surface area contributed by atoms with Crippen molar-refractivity contribution in [2.75, 3.05) is 13.6 Å². The number of rotatable bonds is 3. The van der Waals surface area contributed by atoms with Crippen LogP contribution in [0, 0.1) is 17.2 Å². The number of pyridine rings is 1. The zero-order valence-electron chi connectivity index (χ0n) is 9.44. The van der Waals surface area contributed by atoms with Crippen molar-refractivity contribution in [2.45, 2.75) is 6.92 Å². The third kappa shape index (κ3) is 3.58. The molecular weight excluding hydrogens is 261 g/mol. The maximum absolute atomic E-state index is 12.0. The zero-order valence-corrected chi connectivity index (χ0v) is 11.0. The summed E-state index contributed by atoms with van der Waals surface area (Å²) in [7, 11) is 1.59. The van der Waals surface area contributed by atoms with Crippen molar-refractivity contribution in [2.24, 2.45) is 5.92 Å². The molecule has 6 heteroatoms. The average molecular weight is 272 g/mol.